The average molecular weight is 299 g/mol. The molecule has 1 aromatic carbocycles. The van der Waals surface area contributed by atoms with Gasteiger partial charge in [0.15, 0.2) is 0 Å². The number of rotatable bonds is 5. The first-order valence-corrected chi connectivity index (χ1v) is 8.57. The summed E-state index contributed by atoms with van der Waals surface area (Å²) in [6, 6.07) is 13.1. The number of aromatic amines is 1. The molecule has 0 bridgehead atoms. The van der Waals surface area contributed by atoms with Crippen LogP contribution in [-0.4, -0.2) is 23.3 Å². The van der Waals surface area contributed by atoms with Gasteiger partial charge in [0.2, 0.25) is 0 Å². The molecule has 0 radical (unpaired) electrons. The van der Waals surface area contributed by atoms with Gasteiger partial charge in [-0.1, -0.05) is 24.6 Å². The second-order valence-electron chi connectivity index (χ2n) is 5.78. The fourth-order valence-corrected chi connectivity index (χ4v) is 4.45. The van der Waals surface area contributed by atoms with Crippen LogP contribution in [0.4, 0.5) is 0 Å². The zero-order chi connectivity index (χ0) is 14.7. The van der Waals surface area contributed by atoms with E-state index in [1.807, 2.05) is 18.8 Å². The summed E-state index contributed by atoms with van der Waals surface area (Å²) in [5.41, 5.74) is 0.906. The van der Waals surface area contributed by atoms with E-state index in [1.165, 1.54) is 22.3 Å². The number of benzene rings is 1. The molecule has 1 aliphatic carbocycles. The molecule has 1 aromatic heterocycles. The molecule has 2 N–H and O–H groups in total. The number of fused-ring (bicyclic) bond motifs is 1. The van der Waals surface area contributed by atoms with Crippen LogP contribution in [-0.2, 0) is 0 Å². The van der Waals surface area contributed by atoms with Crippen LogP contribution in [0.1, 0.15) is 25.7 Å². The van der Waals surface area contributed by atoms with Crippen LogP contribution in [0.2, 0.25) is 0 Å². The highest BCUT2D eigenvalue weighted by molar-refractivity contribution is 7.99. The summed E-state index contributed by atoms with van der Waals surface area (Å²) < 4.78 is 0. The fraction of sp³-hybridized carbons (Fsp3) is 0.471. The number of aromatic nitrogens is 1. The van der Waals surface area contributed by atoms with E-state index >= 15 is 0 Å². The van der Waals surface area contributed by atoms with E-state index in [1.54, 1.807) is 0 Å². The molecule has 1 aliphatic rings. The van der Waals surface area contributed by atoms with Crippen molar-refractivity contribution in [2.45, 2.75) is 36.2 Å². The van der Waals surface area contributed by atoms with Crippen molar-refractivity contribution in [2.24, 2.45) is 5.92 Å². The molecule has 2 unspecified atom stereocenters. The third kappa shape index (κ3) is 2.81. The first kappa shape index (κ1) is 14.5. The van der Waals surface area contributed by atoms with Crippen molar-refractivity contribution in [1.29, 1.82) is 5.26 Å². The van der Waals surface area contributed by atoms with Crippen LogP contribution in [0.15, 0.2) is 35.4 Å². The molecule has 0 spiro atoms. The third-order valence-electron chi connectivity index (χ3n) is 4.70. The summed E-state index contributed by atoms with van der Waals surface area (Å²) in [7, 11) is 1.92. The van der Waals surface area contributed by atoms with E-state index in [-0.39, 0.29) is 5.54 Å². The molecule has 1 saturated carbocycles. The van der Waals surface area contributed by atoms with Crippen molar-refractivity contribution >= 4 is 22.7 Å². The summed E-state index contributed by atoms with van der Waals surface area (Å²) in [6.07, 6.45) is 4.41. The van der Waals surface area contributed by atoms with Crippen LogP contribution in [0.5, 0.6) is 0 Å². The zero-order valence-electron chi connectivity index (χ0n) is 12.4. The second-order valence-corrected chi connectivity index (χ2v) is 6.92. The van der Waals surface area contributed by atoms with Crippen LogP contribution in [0.3, 0.4) is 0 Å². The Morgan fingerprint density at radius 2 is 2.33 bits per heavy atom. The standard InChI is InChI=1S/C17H21N3S/c1-19-17(12-18)9-4-6-14(17)8-10-21-16-11-13-5-2-3-7-15(13)20-16/h2-3,5,7,11,14,19-20H,4,6,8-10H2,1H3. The minimum atomic E-state index is -0.291. The molecule has 21 heavy (non-hydrogen) atoms. The van der Waals surface area contributed by atoms with E-state index in [2.05, 4.69) is 46.7 Å². The van der Waals surface area contributed by atoms with Crippen molar-refractivity contribution < 1.29 is 0 Å². The SMILES string of the molecule is CNC1(C#N)CCCC1CCSc1cc2ccccc2[nH]1. The lowest BCUT2D eigenvalue weighted by Crippen LogP contribution is -2.44. The lowest BCUT2D eigenvalue weighted by Gasteiger charge is -2.28. The van der Waals surface area contributed by atoms with E-state index in [0.717, 1.165) is 25.0 Å². The predicted molar refractivity (Wildman–Crippen MR) is 88.4 cm³/mol. The molecule has 3 rings (SSSR count). The van der Waals surface area contributed by atoms with E-state index < -0.39 is 0 Å². The molecular weight excluding hydrogens is 278 g/mol. The Kier molecular flexibility index (Phi) is 4.23. The maximum atomic E-state index is 9.47. The van der Waals surface area contributed by atoms with Gasteiger partial charge < -0.3 is 10.3 Å². The molecule has 0 saturated heterocycles. The third-order valence-corrected chi connectivity index (χ3v) is 5.67. The topological polar surface area (TPSA) is 51.6 Å². The number of hydrogen-bond donors (Lipinski definition) is 2. The predicted octanol–water partition coefficient (Wildman–Crippen LogP) is 3.93. The molecular formula is C17H21N3S. The van der Waals surface area contributed by atoms with Gasteiger partial charge in [0.05, 0.1) is 11.1 Å². The van der Waals surface area contributed by atoms with Gasteiger partial charge in [0.25, 0.3) is 0 Å². The minimum Gasteiger partial charge on any atom is -0.350 e. The Bertz CT molecular complexity index is 624. The maximum absolute atomic E-state index is 9.47. The van der Waals surface area contributed by atoms with Gasteiger partial charge in [-0.05, 0) is 50.1 Å². The van der Waals surface area contributed by atoms with Crippen molar-refractivity contribution in [3.05, 3.63) is 30.3 Å². The van der Waals surface area contributed by atoms with Crippen LogP contribution >= 0.6 is 11.8 Å². The van der Waals surface area contributed by atoms with Gasteiger partial charge in [-0.25, -0.2) is 0 Å². The molecule has 0 aliphatic heterocycles. The van der Waals surface area contributed by atoms with Gasteiger partial charge in [0, 0.05) is 10.9 Å². The molecule has 110 valence electrons. The Balaban J connectivity index is 1.60. The Morgan fingerprint density at radius 3 is 3.10 bits per heavy atom. The molecule has 3 nitrogen and oxygen atoms in total. The molecule has 1 fully saturated rings. The number of para-hydroxylation sites is 1. The van der Waals surface area contributed by atoms with Gasteiger partial charge in [-0.3, -0.25) is 0 Å². The van der Waals surface area contributed by atoms with Crippen LogP contribution in [0, 0.1) is 17.2 Å². The summed E-state index contributed by atoms with van der Waals surface area (Å²) in [4.78, 5) is 3.45. The van der Waals surface area contributed by atoms with Gasteiger partial charge in [0.1, 0.15) is 5.54 Å². The Morgan fingerprint density at radius 1 is 1.48 bits per heavy atom. The smallest absolute Gasteiger partial charge is 0.109 e. The monoisotopic (exact) mass is 299 g/mol. The zero-order valence-corrected chi connectivity index (χ0v) is 13.2. The van der Waals surface area contributed by atoms with E-state index in [9.17, 15) is 5.26 Å². The highest BCUT2D eigenvalue weighted by atomic mass is 32.2. The number of nitrogens with one attached hydrogen (secondary N) is 2. The number of nitrogens with zero attached hydrogens (tertiary/aromatic N) is 1. The van der Waals surface area contributed by atoms with Crippen LogP contribution < -0.4 is 5.32 Å². The molecule has 2 atom stereocenters. The van der Waals surface area contributed by atoms with E-state index in [4.69, 9.17) is 0 Å². The van der Waals surface area contributed by atoms with Gasteiger partial charge >= 0.3 is 0 Å². The van der Waals surface area contributed by atoms with Crippen molar-refractivity contribution in [3.8, 4) is 6.07 Å². The maximum Gasteiger partial charge on any atom is 0.109 e. The summed E-state index contributed by atoms with van der Waals surface area (Å²) in [6.45, 7) is 0. The Hall–Kier alpha value is -1.44. The number of nitriles is 1. The Labute approximate surface area is 130 Å². The minimum absolute atomic E-state index is 0.291. The largest absolute Gasteiger partial charge is 0.350 e. The molecule has 2 aromatic rings. The molecule has 0 amide bonds. The quantitative estimate of drug-likeness (QED) is 0.822. The second kappa shape index (κ2) is 6.13. The molecule has 4 heteroatoms. The first-order chi connectivity index (χ1) is 10.3. The highest BCUT2D eigenvalue weighted by Crippen LogP contribution is 2.38. The van der Waals surface area contributed by atoms with Crippen molar-refractivity contribution in [2.75, 3.05) is 12.8 Å². The highest BCUT2D eigenvalue weighted by Gasteiger charge is 2.41. The summed E-state index contributed by atoms with van der Waals surface area (Å²) >= 11 is 1.86. The lowest BCUT2D eigenvalue weighted by atomic mass is 9.87. The van der Waals surface area contributed by atoms with Gasteiger partial charge in [-0.2, -0.15) is 5.26 Å². The first-order valence-electron chi connectivity index (χ1n) is 7.58. The number of H-pyrrole nitrogens is 1. The van der Waals surface area contributed by atoms with E-state index in [0.29, 0.717) is 5.92 Å². The average Bonchev–Trinajstić information content (AvgIpc) is 3.11. The molecule has 1 heterocycles. The summed E-state index contributed by atoms with van der Waals surface area (Å²) in [5.74, 6) is 1.53. The fourth-order valence-electron chi connectivity index (χ4n) is 3.44. The summed E-state index contributed by atoms with van der Waals surface area (Å²) in [5, 5.41) is 15.2. The number of thioether (sulfide) groups is 1. The van der Waals surface area contributed by atoms with Crippen LogP contribution in [0.25, 0.3) is 10.9 Å². The normalized spacial score (nSPS) is 25.2. The lowest BCUT2D eigenvalue weighted by molar-refractivity contribution is 0.332. The van der Waals surface area contributed by atoms with Crippen molar-refractivity contribution in [1.82, 2.24) is 10.3 Å². The van der Waals surface area contributed by atoms with Crippen molar-refractivity contribution in [3.63, 3.8) is 0 Å². The van der Waals surface area contributed by atoms with Gasteiger partial charge in [-0.15, -0.1) is 11.8 Å². The number of hydrogen-bond acceptors (Lipinski definition) is 3.